The second-order valence-corrected chi connectivity index (χ2v) is 4.54. The van der Waals surface area contributed by atoms with E-state index in [1.807, 2.05) is 0 Å². The van der Waals surface area contributed by atoms with Gasteiger partial charge in [-0.1, -0.05) is 0 Å². The lowest BCUT2D eigenvalue weighted by atomic mass is 10.2. The van der Waals surface area contributed by atoms with E-state index in [1.54, 1.807) is 11.3 Å². The molecule has 1 unspecified atom stereocenters. The Morgan fingerprint density at radius 2 is 2.54 bits per heavy atom. The Bertz CT molecular complexity index is 292. The molecule has 0 amide bonds. The van der Waals surface area contributed by atoms with Crippen LogP contribution in [0.5, 0.6) is 0 Å². The van der Waals surface area contributed by atoms with Crippen molar-refractivity contribution in [2.24, 2.45) is 5.73 Å². The summed E-state index contributed by atoms with van der Waals surface area (Å²) in [6, 6.07) is 0. The molecular weight excluding hydrogens is 184 g/mol. The van der Waals surface area contributed by atoms with E-state index in [4.69, 9.17) is 10.5 Å². The van der Waals surface area contributed by atoms with Gasteiger partial charge in [0.25, 0.3) is 0 Å². The summed E-state index contributed by atoms with van der Waals surface area (Å²) >= 11 is 1.69. The van der Waals surface area contributed by atoms with Gasteiger partial charge in [-0.25, -0.2) is 4.98 Å². The number of nitrogens with two attached hydrogens (primary N) is 1. The maximum Gasteiger partial charge on any atom is 0.107 e. The topological polar surface area (TPSA) is 48.1 Å². The zero-order valence-corrected chi connectivity index (χ0v) is 8.56. The van der Waals surface area contributed by atoms with E-state index < -0.39 is 0 Å². The van der Waals surface area contributed by atoms with Crippen LogP contribution in [0.25, 0.3) is 0 Å². The van der Waals surface area contributed by atoms with Gasteiger partial charge in [0.05, 0.1) is 5.69 Å². The molecule has 13 heavy (non-hydrogen) atoms. The van der Waals surface area contributed by atoms with Crippen LogP contribution < -0.4 is 5.73 Å². The second kappa shape index (κ2) is 3.74. The van der Waals surface area contributed by atoms with Gasteiger partial charge in [-0.3, -0.25) is 0 Å². The van der Waals surface area contributed by atoms with Gasteiger partial charge in [0.1, 0.15) is 11.1 Å². The summed E-state index contributed by atoms with van der Waals surface area (Å²) < 4.78 is 5.58. The summed E-state index contributed by atoms with van der Waals surface area (Å²) in [7, 11) is 0. The minimum absolute atomic E-state index is 0.233. The minimum atomic E-state index is 0.233. The van der Waals surface area contributed by atoms with E-state index in [0.29, 0.717) is 6.54 Å². The van der Waals surface area contributed by atoms with Crippen molar-refractivity contribution in [2.45, 2.75) is 32.4 Å². The van der Waals surface area contributed by atoms with Crippen molar-refractivity contribution >= 4 is 11.3 Å². The number of ether oxygens (including phenoxy) is 1. The molecule has 0 bridgehead atoms. The highest BCUT2D eigenvalue weighted by Crippen LogP contribution is 2.32. The maximum absolute atomic E-state index is 5.58. The molecule has 2 rings (SSSR count). The summed E-state index contributed by atoms with van der Waals surface area (Å²) in [6.07, 6.45) is 2.49. The van der Waals surface area contributed by atoms with Crippen molar-refractivity contribution in [3.8, 4) is 0 Å². The molecule has 1 fully saturated rings. The molecule has 1 aromatic heterocycles. The predicted octanol–water partition coefficient (Wildman–Crippen LogP) is 1.76. The first kappa shape index (κ1) is 9.12. The number of nitrogens with zero attached hydrogens (tertiary/aromatic N) is 1. The second-order valence-electron chi connectivity index (χ2n) is 3.25. The van der Waals surface area contributed by atoms with Gasteiger partial charge < -0.3 is 10.5 Å². The average Bonchev–Trinajstić information content (AvgIpc) is 2.72. The molecule has 1 saturated heterocycles. The normalized spacial score (nSPS) is 22.5. The monoisotopic (exact) mass is 198 g/mol. The third-order valence-corrected chi connectivity index (χ3v) is 3.29. The van der Waals surface area contributed by atoms with Crippen LogP contribution in [0.4, 0.5) is 0 Å². The van der Waals surface area contributed by atoms with Crippen LogP contribution in [0.1, 0.15) is 34.5 Å². The van der Waals surface area contributed by atoms with E-state index in [2.05, 4.69) is 11.9 Å². The fourth-order valence-electron chi connectivity index (χ4n) is 1.64. The first-order valence-electron chi connectivity index (χ1n) is 4.59. The molecule has 1 aliphatic rings. The Morgan fingerprint density at radius 3 is 3.08 bits per heavy atom. The van der Waals surface area contributed by atoms with Crippen LogP contribution in [-0.2, 0) is 11.3 Å². The van der Waals surface area contributed by atoms with Gasteiger partial charge in [-0.15, -0.1) is 11.3 Å². The standard InChI is InChI=1S/C9H14N2OS/c1-6-9(7-3-2-4-12-7)11-8(5-10)13-6/h7H,2-5,10H2,1H3. The lowest BCUT2D eigenvalue weighted by Crippen LogP contribution is -2.00. The molecule has 0 spiro atoms. The third kappa shape index (κ3) is 1.75. The van der Waals surface area contributed by atoms with Gasteiger partial charge in [-0.2, -0.15) is 0 Å². The van der Waals surface area contributed by atoms with E-state index in [-0.39, 0.29) is 6.10 Å². The maximum atomic E-state index is 5.58. The Morgan fingerprint density at radius 1 is 1.69 bits per heavy atom. The van der Waals surface area contributed by atoms with Gasteiger partial charge in [0, 0.05) is 18.0 Å². The van der Waals surface area contributed by atoms with E-state index in [9.17, 15) is 0 Å². The Balaban J connectivity index is 2.22. The molecule has 1 aliphatic heterocycles. The molecule has 0 radical (unpaired) electrons. The number of aromatic nitrogens is 1. The average molecular weight is 198 g/mol. The fraction of sp³-hybridized carbons (Fsp3) is 0.667. The molecular formula is C9H14N2OS. The van der Waals surface area contributed by atoms with Crippen LogP contribution in [0.2, 0.25) is 0 Å². The number of hydrogen-bond acceptors (Lipinski definition) is 4. The predicted molar refractivity (Wildman–Crippen MR) is 52.7 cm³/mol. The summed E-state index contributed by atoms with van der Waals surface area (Å²) in [6.45, 7) is 3.51. The zero-order chi connectivity index (χ0) is 9.26. The molecule has 1 atom stereocenters. The van der Waals surface area contributed by atoms with Gasteiger partial charge in [0.2, 0.25) is 0 Å². The van der Waals surface area contributed by atoms with Crippen molar-refractivity contribution in [2.75, 3.05) is 6.61 Å². The van der Waals surface area contributed by atoms with Gasteiger partial charge >= 0.3 is 0 Å². The van der Waals surface area contributed by atoms with Crippen molar-refractivity contribution in [1.29, 1.82) is 0 Å². The molecule has 1 aromatic rings. The molecule has 0 aromatic carbocycles. The number of rotatable bonds is 2. The number of aryl methyl sites for hydroxylation is 1. The highest BCUT2D eigenvalue weighted by molar-refractivity contribution is 7.11. The van der Waals surface area contributed by atoms with Crippen LogP contribution >= 0.6 is 11.3 Å². The molecule has 72 valence electrons. The molecule has 2 N–H and O–H groups in total. The summed E-state index contributed by atoms with van der Waals surface area (Å²) in [5.74, 6) is 0. The van der Waals surface area contributed by atoms with Gasteiger partial charge in [-0.05, 0) is 19.8 Å². The smallest absolute Gasteiger partial charge is 0.107 e. The van der Waals surface area contributed by atoms with Crippen molar-refractivity contribution in [3.63, 3.8) is 0 Å². The van der Waals surface area contributed by atoms with Crippen LogP contribution in [0.15, 0.2) is 0 Å². The lowest BCUT2D eigenvalue weighted by molar-refractivity contribution is 0.108. The third-order valence-electron chi connectivity index (χ3n) is 2.29. The summed E-state index contributed by atoms with van der Waals surface area (Å²) in [5, 5.41) is 1.02. The van der Waals surface area contributed by atoms with Crippen LogP contribution in [0, 0.1) is 6.92 Å². The number of hydrogen-bond donors (Lipinski definition) is 1. The minimum Gasteiger partial charge on any atom is -0.372 e. The summed E-state index contributed by atoms with van der Waals surface area (Å²) in [4.78, 5) is 5.74. The van der Waals surface area contributed by atoms with E-state index in [1.165, 1.54) is 4.88 Å². The van der Waals surface area contributed by atoms with E-state index in [0.717, 1.165) is 30.2 Å². The fourth-order valence-corrected chi connectivity index (χ4v) is 2.51. The molecule has 0 aliphatic carbocycles. The highest BCUT2D eigenvalue weighted by atomic mass is 32.1. The van der Waals surface area contributed by atoms with Crippen LogP contribution in [-0.4, -0.2) is 11.6 Å². The van der Waals surface area contributed by atoms with Gasteiger partial charge in [0.15, 0.2) is 0 Å². The van der Waals surface area contributed by atoms with Crippen molar-refractivity contribution in [3.05, 3.63) is 15.6 Å². The summed E-state index contributed by atoms with van der Waals surface area (Å²) in [5.41, 5.74) is 6.65. The molecule has 2 heterocycles. The Labute approximate surface area is 81.9 Å². The van der Waals surface area contributed by atoms with Crippen molar-refractivity contribution in [1.82, 2.24) is 4.98 Å². The zero-order valence-electron chi connectivity index (χ0n) is 7.75. The van der Waals surface area contributed by atoms with E-state index >= 15 is 0 Å². The lowest BCUT2D eigenvalue weighted by Gasteiger charge is -2.05. The quantitative estimate of drug-likeness (QED) is 0.787. The molecule has 4 heteroatoms. The SMILES string of the molecule is Cc1sc(CN)nc1C1CCCO1. The Kier molecular flexibility index (Phi) is 2.62. The first-order chi connectivity index (χ1) is 6.31. The van der Waals surface area contributed by atoms with Crippen molar-refractivity contribution < 1.29 is 4.74 Å². The highest BCUT2D eigenvalue weighted by Gasteiger charge is 2.22. The largest absolute Gasteiger partial charge is 0.372 e. The number of thiazole rings is 1. The first-order valence-corrected chi connectivity index (χ1v) is 5.41. The Hall–Kier alpha value is -0.450. The van der Waals surface area contributed by atoms with Crippen LogP contribution in [0.3, 0.4) is 0 Å². The molecule has 0 saturated carbocycles. The molecule has 3 nitrogen and oxygen atoms in total.